The smallest absolute Gasteiger partial charge is 0.214 e. The Morgan fingerprint density at radius 2 is 2.41 bits per heavy atom. The first-order valence-electron chi connectivity index (χ1n) is 5.82. The molecule has 2 heterocycles. The molecule has 0 aromatic carbocycles. The molecule has 5 nitrogen and oxygen atoms in total. The lowest BCUT2D eigenvalue weighted by molar-refractivity contribution is 0.290. The van der Waals surface area contributed by atoms with Crippen LogP contribution in [-0.4, -0.2) is 37.6 Å². The zero-order valence-corrected chi connectivity index (χ0v) is 10.7. The van der Waals surface area contributed by atoms with E-state index in [0.717, 1.165) is 6.54 Å². The molecule has 0 spiro atoms. The summed E-state index contributed by atoms with van der Waals surface area (Å²) < 4.78 is 31.0. The minimum absolute atomic E-state index is 0.0506. The Labute approximate surface area is 102 Å². The van der Waals surface area contributed by atoms with Crippen LogP contribution in [0.4, 0.5) is 0 Å². The van der Waals surface area contributed by atoms with Crippen LogP contribution in [0.25, 0.3) is 0 Å². The Bertz CT molecular complexity index is 441. The van der Waals surface area contributed by atoms with E-state index in [1.807, 2.05) is 6.92 Å². The Hall–Kier alpha value is -0.850. The molecular weight excluding hydrogens is 240 g/mol. The third kappa shape index (κ3) is 3.08. The van der Waals surface area contributed by atoms with Crippen molar-refractivity contribution in [2.75, 3.05) is 18.8 Å². The third-order valence-electron chi connectivity index (χ3n) is 2.94. The molecule has 1 fully saturated rings. The molecule has 1 atom stereocenters. The van der Waals surface area contributed by atoms with Crippen molar-refractivity contribution in [1.82, 2.24) is 9.62 Å². The summed E-state index contributed by atoms with van der Waals surface area (Å²) in [4.78, 5) is 0. The van der Waals surface area contributed by atoms with Gasteiger partial charge in [0.15, 0.2) is 0 Å². The van der Waals surface area contributed by atoms with E-state index in [1.54, 1.807) is 18.4 Å². The quantitative estimate of drug-likeness (QED) is 0.852. The van der Waals surface area contributed by atoms with Crippen molar-refractivity contribution in [1.29, 1.82) is 0 Å². The second kappa shape index (κ2) is 5.20. The van der Waals surface area contributed by atoms with Gasteiger partial charge in [-0.05, 0) is 32.0 Å². The maximum Gasteiger partial charge on any atom is 0.214 e. The van der Waals surface area contributed by atoms with Gasteiger partial charge >= 0.3 is 0 Å². The van der Waals surface area contributed by atoms with Crippen LogP contribution in [0.2, 0.25) is 0 Å². The molecule has 1 aliphatic rings. The van der Waals surface area contributed by atoms with Crippen LogP contribution < -0.4 is 5.32 Å². The Morgan fingerprint density at radius 1 is 1.59 bits per heavy atom. The molecule has 1 unspecified atom stereocenters. The van der Waals surface area contributed by atoms with Crippen molar-refractivity contribution in [3.63, 3.8) is 0 Å². The van der Waals surface area contributed by atoms with Gasteiger partial charge in [0.1, 0.15) is 5.76 Å². The van der Waals surface area contributed by atoms with Crippen LogP contribution in [0.3, 0.4) is 0 Å². The van der Waals surface area contributed by atoms with E-state index >= 15 is 0 Å². The predicted octanol–water partition coefficient (Wildman–Crippen LogP) is 0.793. The third-order valence-corrected chi connectivity index (χ3v) is 4.94. The molecule has 1 aliphatic heterocycles. The number of nitrogens with one attached hydrogen (secondary N) is 1. The zero-order chi connectivity index (χ0) is 12.3. The van der Waals surface area contributed by atoms with E-state index in [4.69, 9.17) is 4.42 Å². The van der Waals surface area contributed by atoms with Gasteiger partial charge in [0.05, 0.1) is 18.6 Å². The number of hydrogen-bond donors (Lipinski definition) is 1. The van der Waals surface area contributed by atoms with Crippen molar-refractivity contribution < 1.29 is 12.8 Å². The van der Waals surface area contributed by atoms with Gasteiger partial charge in [-0.2, -0.15) is 4.31 Å². The molecule has 17 heavy (non-hydrogen) atoms. The highest BCUT2D eigenvalue weighted by Crippen LogP contribution is 2.16. The molecule has 1 aromatic rings. The van der Waals surface area contributed by atoms with Crippen molar-refractivity contribution in [3.8, 4) is 0 Å². The maximum atomic E-state index is 12.1. The summed E-state index contributed by atoms with van der Waals surface area (Å²) in [6.07, 6.45) is 2.22. The lowest BCUT2D eigenvalue weighted by atomic mass is 10.3. The molecule has 0 amide bonds. The number of hydrogen-bond acceptors (Lipinski definition) is 4. The van der Waals surface area contributed by atoms with Gasteiger partial charge in [0, 0.05) is 12.6 Å². The number of sulfonamides is 1. The lowest BCUT2D eigenvalue weighted by Crippen LogP contribution is -2.47. The van der Waals surface area contributed by atoms with Gasteiger partial charge in [0.2, 0.25) is 10.0 Å². The summed E-state index contributed by atoms with van der Waals surface area (Å²) in [5.41, 5.74) is 0. The van der Waals surface area contributed by atoms with E-state index in [-0.39, 0.29) is 11.8 Å². The second-order valence-electron chi connectivity index (χ2n) is 4.35. The molecule has 0 saturated carbocycles. The first-order chi connectivity index (χ1) is 8.09. The Morgan fingerprint density at radius 3 is 3.12 bits per heavy atom. The average Bonchev–Trinajstić information content (AvgIpc) is 2.76. The van der Waals surface area contributed by atoms with Crippen molar-refractivity contribution >= 4 is 10.0 Å². The van der Waals surface area contributed by atoms with Gasteiger partial charge in [-0.3, -0.25) is 0 Å². The molecule has 6 heteroatoms. The minimum Gasteiger partial charge on any atom is -0.468 e. The number of furan rings is 1. The summed E-state index contributed by atoms with van der Waals surface area (Å²) in [7, 11) is -3.18. The zero-order valence-electron chi connectivity index (χ0n) is 9.93. The summed E-state index contributed by atoms with van der Waals surface area (Å²) in [6.45, 7) is 3.68. The molecular formula is C11H18N2O3S. The van der Waals surface area contributed by atoms with Crippen LogP contribution in [0.5, 0.6) is 0 Å². The van der Waals surface area contributed by atoms with E-state index in [1.165, 1.54) is 4.31 Å². The molecule has 0 radical (unpaired) electrons. The fourth-order valence-corrected chi connectivity index (χ4v) is 3.68. The van der Waals surface area contributed by atoms with Crippen LogP contribution in [0, 0.1) is 0 Å². The highest BCUT2D eigenvalue weighted by molar-refractivity contribution is 7.89. The topological polar surface area (TPSA) is 62.6 Å². The van der Waals surface area contributed by atoms with Crippen LogP contribution in [-0.2, 0) is 16.6 Å². The number of nitrogens with zero attached hydrogens (tertiary/aromatic N) is 1. The van der Waals surface area contributed by atoms with Crippen molar-refractivity contribution in [2.45, 2.75) is 25.9 Å². The first kappa shape index (κ1) is 12.6. The Balaban J connectivity index is 2.18. The molecule has 1 N–H and O–H groups in total. The molecule has 0 aliphatic carbocycles. The largest absolute Gasteiger partial charge is 0.468 e. The first-order valence-corrected chi connectivity index (χ1v) is 7.43. The van der Waals surface area contributed by atoms with Gasteiger partial charge < -0.3 is 9.73 Å². The van der Waals surface area contributed by atoms with Gasteiger partial charge in [0.25, 0.3) is 0 Å². The van der Waals surface area contributed by atoms with Crippen molar-refractivity contribution in [2.24, 2.45) is 0 Å². The normalized spacial score (nSPS) is 26.3. The second-order valence-corrected chi connectivity index (χ2v) is 6.39. The SMILES string of the molecule is CC1CNCCCS(=O)(=O)N1Cc1ccco1. The fraction of sp³-hybridized carbons (Fsp3) is 0.636. The molecule has 1 saturated heterocycles. The average molecular weight is 258 g/mol. The standard InChI is InChI=1S/C11H18N2O3S/c1-10-8-12-5-3-7-17(14,15)13(10)9-11-4-2-6-16-11/h2,4,6,10,12H,3,5,7-9H2,1H3. The van der Waals surface area contributed by atoms with Gasteiger partial charge in [-0.15, -0.1) is 0 Å². The number of rotatable bonds is 2. The Kier molecular flexibility index (Phi) is 3.86. The van der Waals surface area contributed by atoms with E-state index < -0.39 is 10.0 Å². The van der Waals surface area contributed by atoms with Crippen LogP contribution >= 0.6 is 0 Å². The molecule has 2 rings (SSSR count). The highest BCUT2D eigenvalue weighted by atomic mass is 32.2. The van der Waals surface area contributed by atoms with Gasteiger partial charge in [-0.1, -0.05) is 0 Å². The van der Waals surface area contributed by atoms with E-state index in [9.17, 15) is 8.42 Å². The van der Waals surface area contributed by atoms with Crippen LogP contribution in [0.15, 0.2) is 22.8 Å². The highest BCUT2D eigenvalue weighted by Gasteiger charge is 2.29. The molecule has 1 aromatic heterocycles. The summed E-state index contributed by atoms with van der Waals surface area (Å²) in [5.74, 6) is 0.881. The maximum absolute atomic E-state index is 12.1. The predicted molar refractivity (Wildman–Crippen MR) is 65.0 cm³/mol. The van der Waals surface area contributed by atoms with Crippen molar-refractivity contribution in [3.05, 3.63) is 24.2 Å². The monoisotopic (exact) mass is 258 g/mol. The molecule has 0 bridgehead atoms. The van der Waals surface area contributed by atoms with E-state index in [0.29, 0.717) is 25.3 Å². The van der Waals surface area contributed by atoms with Crippen LogP contribution in [0.1, 0.15) is 19.1 Å². The molecule has 96 valence electrons. The van der Waals surface area contributed by atoms with E-state index in [2.05, 4.69) is 5.32 Å². The van der Waals surface area contributed by atoms with Gasteiger partial charge in [-0.25, -0.2) is 8.42 Å². The summed E-state index contributed by atoms with van der Waals surface area (Å²) in [6, 6.07) is 3.52. The fourth-order valence-electron chi connectivity index (χ4n) is 1.99. The lowest BCUT2D eigenvalue weighted by Gasteiger charge is -2.30. The summed E-state index contributed by atoms with van der Waals surface area (Å²) in [5, 5.41) is 3.25. The summed E-state index contributed by atoms with van der Waals surface area (Å²) >= 11 is 0. The minimum atomic E-state index is -3.18.